The van der Waals surface area contributed by atoms with Crippen molar-refractivity contribution in [2.45, 2.75) is 119 Å². The van der Waals surface area contributed by atoms with E-state index >= 15 is 0 Å². The van der Waals surface area contributed by atoms with Gasteiger partial charge in [0.25, 0.3) is 0 Å². The maximum Gasteiger partial charge on any atom is 0.0774 e. The summed E-state index contributed by atoms with van der Waals surface area (Å²) in [6.45, 7) is 14.3. The lowest BCUT2D eigenvalue weighted by atomic mass is 10.4. The van der Waals surface area contributed by atoms with Crippen LogP contribution in [-0.2, 0) is 0 Å². The predicted molar refractivity (Wildman–Crippen MR) is 151 cm³/mol. The van der Waals surface area contributed by atoms with Gasteiger partial charge in [-0.1, -0.05) is 80.1 Å². The van der Waals surface area contributed by atoms with Gasteiger partial charge in [-0.15, -0.1) is 0 Å². The van der Waals surface area contributed by atoms with Crippen LogP contribution in [0.15, 0.2) is 12.2 Å². The van der Waals surface area contributed by atoms with E-state index in [9.17, 15) is 0 Å². The molecule has 196 valence electrons. The maximum atomic E-state index is 2.72. The topological polar surface area (TPSA) is 0 Å². The van der Waals surface area contributed by atoms with Crippen LogP contribution in [0.4, 0.5) is 0 Å². The lowest BCUT2D eigenvalue weighted by Crippen LogP contribution is -3.00. The van der Waals surface area contributed by atoms with Gasteiger partial charge in [-0.05, 0) is 50.7 Å². The van der Waals surface area contributed by atoms with Crippen LogP contribution >= 0.6 is 14.5 Å². The third-order valence-corrected chi connectivity index (χ3v) is 16.6. The summed E-state index contributed by atoms with van der Waals surface area (Å²) in [5, 5.41) is 0. The van der Waals surface area contributed by atoms with Crippen molar-refractivity contribution in [2.75, 3.05) is 49.3 Å². The average Bonchev–Trinajstić information content (AvgIpc) is 2.77. The summed E-state index contributed by atoms with van der Waals surface area (Å²) >= 11 is 0. The van der Waals surface area contributed by atoms with Crippen LogP contribution in [0.2, 0.25) is 0 Å². The van der Waals surface area contributed by atoms with Crippen molar-refractivity contribution >= 4 is 14.5 Å². The van der Waals surface area contributed by atoms with E-state index in [0.29, 0.717) is 0 Å². The van der Waals surface area contributed by atoms with Crippen molar-refractivity contribution in [3.63, 3.8) is 0 Å². The molecule has 0 aromatic rings. The molecule has 0 aromatic carbocycles. The summed E-state index contributed by atoms with van der Waals surface area (Å²) in [7, 11) is -1.53. The first kappa shape index (κ1) is 37.7. The fourth-order valence-corrected chi connectivity index (χ4v) is 14.3. The molecule has 0 aliphatic carbocycles. The SMILES string of the molecule is CCCC[P+](CC=CC[P+](CCCC)(CCCC)CCCC)(CCCC)CCCC.[Cl-].[Cl-]. The molecule has 0 nitrogen and oxygen atoms in total. The highest BCUT2D eigenvalue weighted by Gasteiger charge is 2.36. The van der Waals surface area contributed by atoms with Crippen molar-refractivity contribution in [1.29, 1.82) is 0 Å². The lowest BCUT2D eigenvalue weighted by Gasteiger charge is -2.28. The zero-order valence-corrected chi connectivity index (χ0v) is 26.2. The van der Waals surface area contributed by atoms with Crippen LogP contribution in [0, 0.1) is 0 Å². The first-order chi connectivity index (χ1) is 14.6. The summed E-state index contributed by atoms with van der Waals surface area (Å²) < 4.78 is 0. The molecule has 0 N–H and O–H groups in total. The molecule has 0 fully saturated rings. The van der Waals surface area contributed by atoms with E-state index in [1.54, 1.807) is 37.0 Å². The summed E-state index contributed by atoms with van der Waals surface area (Å²) in [5.74, 6) is 0. The van der Waals surface area contributed by atoms with Crippen molar-refractivity contribution < 1.29 is 24.8 Å². The van der Waals surface area contributed by atoms with Crippen LogP contribution in [0.25, 0.3) is 0 Å². The molecule has 0 saturated carbocycles. The van der Waals surface area contributed by atoms with Gasteiger partial charge >= 0.3 is 0 Å². The van der Waals surface area contributed by atoms with Crippen molar-refractivity contribution in [3.05, 3.63) is 12.2 Å². The summed E-state index contributed by atoms with van der Waals surface area (Å²) in [4.78, 5) is 0. The second kappa shape index (κ2) is 25.3. The van der Waals surface area contributed by atoms with Gasteiger partial charge in [0.05, 0.1) is 49.3 Å². The van der Waals surface area contributed by atoms with Gasteiger partial charge in [-0.25, -0.2) is 0 Å². The molecule has 0 bridgehead atoms. The van der Waals surface area contributed by atoms with Crippen molar-refractivity contribution in [3.8, 4) is 0 Å². The minimum atomic E-state index is -0.766. The van der Waals surface area contributed by atoms with E-state index in [-0.39, 0.29) is 24.8 Å². The molecular formula is C28H60Cl2P2. The number of allylic oxidation sites excluding steroid dienone is 2. The zero-order valence-electron chi connectivity index (χ0n) is 22.9. The molecular weight excluding hydrogens is 469 g/mol. The summed E-state index contributed by atoms with van der Waals surface area (Å²) in [5.41, 5.74) is 0. The fourth-order valence-electron chi connectivity index (χ4n) is 4.78. The van der Waals surface area contributed by atoms with E-state index in [0.717, 1.165) is 0 Å². The van der Waals surface area contributed by atoms with Gasteiger partial charge in [-0.2, -0.15) is 0 Å². The lowest BCUT2D eigenvalue weighted by molar-refractivity contribution is -0.001000. The molecule has 0 unspecified atom stereocenters. The van der Waals surface area contributed by atoms with E-state index in [4.69, 9.17) is 0 Å². The van der Waals surface area contributed by atoms with E-state index in [1.807, 2.05) is 0 Å². The Morgan fingerprint density at radius 3 is 0.719 bits per heavy atom. The van der Waals surface area contributed by atoms with Crippen LogP contribution < -0.4 is 24.8 Å². The molecule has 0 aliphatic heterocycles. The monoisotopic (exact) mass is 528 g/mol. The number of halogens is 2. The predicted octanol–water partition coefficient (Wildman–Crippen LogP) is 4.39. The third kappa shape index (κ3) is 17.6. The highest BCUT2D eigenvalue weighted by Crippen LogP contribution is 2.62. The Kier molecular flexibility index (Phi) is 29.8. The Bertz CT molecular complexity index is 319. The second-order valence-corrected chi connectivity index (χ2v) is 18.8. The standard InChI is InChI=1S/C28H60P2.2ClH/c1-7-13-21-29(22-14-8-2,23-15-9-3)27-19-20-28-30(24-16-10-4,25-17-11-5)26-18-12-6;;/h19-20H,7-18,21-28H2,1-6H3;2*1H/q+2;;/p-2. The van der Waals surface area contributed by atoms with Gasteiger partial charge in [0, 0.05) is 14.5 Å². The van der Waals surface area contributed by atoms with Crippen molar-refractivity contribution in [2.24, 2.45) is 0 Å². The minimum absolute atomic E-state index is 0. The molecule has 0 radical (unpaired) electrons. The van der Waals surface area contributed by atoms with Gasteiger partial charge in [0.15, 0.2) is 0 Å². The molecule has 0 aromatic heterocycles. The number of hydrogen-bond acceptors (Lipinski definition) is 0. The summed E-state index contributed by atoms with van der Waals surface area (Å²) in [6.07, 6.45) is 34.8. The van der Waals surface area contributed by atoms with Crippen LogP contribution in [-0.4, -0.2) is 49.3 Å². The Morgan fingerprint density at radius 1 is 0.375 bits per heavy atom. The highest BCUT2D eigenvalue weighted by molar-refractivity contribution is 7.76. The second-order valence-electron chi connectivity index (χ2n) is 9.98. The highest BCUT2D eigenvalue weighted by atomic mass is 35.5. The van der Waals surface area contributed by atoms with Crippen LogP contribution in [0.3, 0.4) is 0 Å². The van der Waals surface area contributed by atoms with Crippen LogP contribution in [0.5, 0.6) is 0 Å². The average molecular weight is 530 g/mol. The molecule has 0 heterocycles. The molecule has 0 amide bonds. The molecule has 0 rings (SSSR count). The minimum Gasteiger partial charge on any atom is -1.00 e. The number of unbranched alkanes of at least 4 members (excludes halogenated alkanes) is 6. The quantitative estimate of drug-likeness (QED) is 0.144. The van der Waals surface area contributed by atoms with Gasteiger partial charge in [0.1, 0.15) is 0 Å². The van der Waals surface area contributed by atoms with E-state index in [2.05, 4.69) is 53.7 Å². The Morgan fingerprint density at radius 2 is 0.562 bits per heavy atom. The molecule has 4 heteroatoms. The number of rotatable bonds is 22. The first-order valence-electron chi connectivity index (χ1n) is 13.9. The Hall–Kier alpha value is 1.18. The van der Waals surface area contributed by atoms with Crippen LogP contribution in [0.1, 0.15) is 119 Å². The smallest absolute Gasteiger partial charge is 0.0774 e. The molecule has 0 spiro atoms. The molecule has 0 aliphatic rings. The van der Waals surface area contributed by atoms with E-state index in [1.165, 1.54) is 89.4 Å². The van der Waals surface area contributed by atoms with Gasteiger partial charge < -0.3 is 24.8 Å². The zero-order chi connectivity index (χ0) is 22.6. The first-order valence-corrected chi connectivity index (χ1v) is 19.0. The summed E-state index contributed by atoms with van der Waals surface area (Å²) in [6, 6.07) is 0. The maximum absolute atomic E-state index is 2.72. The fraction of sp³-hybridized carbons (Fsp3) is 0.929. The molecule has 32 heavy (non-hydrogen) atoms. The van der Waals surface area contributed by atoms with E-state index < -0.39 is 14.5 Å². The largest absolute Gasteiger partial charge is 1.00 e. The van der Waals surface area contributed by atoms with Gasteiger partial charge in [0.2, 0.25) is 0 Å². The molecule has 0 atom stereocenters. The van der Waals surface area contributed by atoms with Gasteiger partial charge in [-0.3, -0.25) is 0 Å². The third-order valence-electron chi connectivity index (χ3n) is 7.07. The Balaban J connectivity index is -0.00000420. The number of hydrogen-bond donors (Lipinski definition) is 0. The van der Waals surface area contributed by atoms with Crippen molar-refractivity contribution in [1.82, 2.24) is 0 Å². The Labute approximate surface area is 218 Å². The molecule has 0 saturated heterocycles. The normalized spacial score (nSPS) is 12.1.